The van der Waals surface area contributed by atoms with Crippen LogP contribution >= 0.6 is 0 Å². The van der Waals surface area contributed by atoms with Crippen molar-refractivity contribution in [1.82, 2.24) is 5.48 Å². The van der Waals surface area contributed by atoms with Crippen LogP contribution in [0.5, 0.6) is 0 Å². The van der Waals surface area contributed by atoms with Gasteiger partial charge in [0.2, 0.25) is 0 Å². The van der Waals surface area contributed by atoms with Crippen molar-refractivity contribution in [2.24, 2.45) is 0 Å². The lowest BCUT2D eigenvalue weighted by Crippen LogP contribution is -2.33. The molecule has 1 aliphatic rings. The van der Waals surface area contributed by atoms with Gasteiger partial charge in [0.1, 0.15) is 5.82 Å². The summed E-state index contributed by atoms with van der Waals surface area (Å²) in [5.74, 6) is -0.902. The van der Waals surface area contributed by atoms with Crippen LogP contribution in [-0.4, -0.2) is 18.8 Å². The summed E-state index contributed by atoms with van der Waals surface area (Å²) in [6.45, 7) is 2.38. The first-order valence-corrected chi connectivity index (χ1v) is 6.00. The molecule has 1 heterocycles. The van der Waals surface area contributed by atoms with Gasteiger partial charge in [0.05, 0.1) is 0 Å². The maximum absolute atomic E-state index is 13.1. The molecule has 0 bridgehead atoms. The van der Waals surface area contributed by atoms with E-state index in [4.69, 9.17) is 9.57 Å². The van der Waals surface area contributed by atoms with Gasteiger partial charge in [0.15, 0.2) is 6.29 Å². The number of rotatable bonds is 3. The highest BCUT2D eigenvalue weighted by molar-refractivity contribution is 5.94. The molecule has 1 aromatic rings. The van der Waals surface area contributed by atoms with Crippen LogP contribution in [0.1, 0.15) is 35.2 Å². The van der Waals surface area contributed by atoms with Gasteiger partial charge in [-0.1, -0.05) is 6.07 Å². The monoisotopic (exact) mass is 253 g/mol. The van der Waals surface area contributed by atoms with E-state index in [2.05, 4.69) is 5.48 Å². The highest BCUT2D eigenvalue weighted by Gasteiger charge is 2.17. The van der Waals surface area contributed by atoms with Crippen LogP contribution in [0.4, 0.5) is 4.39 Å². The Morgan fingerprint density at radius 2 is 2.33 bits per heavy atom. The SMILES string of the molecule is Cc1ccc(F)cc1C(=O)NOC1CCCCO1. The molecule has 1 atom stereocenters. The second-order valence-electron chi connectivity index (χ2n) is 4.30. The fourth-order valence-electron chi connectivity index (χ4n) is 1.82. The van der Waals surface area contributed by atoms with Gasteiger partial charge in [-0.15, -0.1) is 0 Å². The maximum Gasteiger partial charge on any atom is 0.275 e. The van der Waals surface area contributed by atoms with Gasteiger partial charge in [-0.2, -0.15) is 0 Å². The van der Waals surface area contributed by atoms with Crippen molar-refractivity contribution in [1.29, 1.82) is 0 Å². The highest BCUT2D eigenvalue weighted by atomic mass is 19.1. The van der Waals surface area contributed by atoms with E-state index < -0.39 is 18.0 Å². The van der Waals surface area contributed by atoms with E-state index in [0.717, 1.165) is 19.3 Å². The van der Waals surface area contributed by atoms with Crippen molar-refractivity contribution < 1.29 is 18.8 Å². The van der Waals surface area contributed by atoms with Crippen LogP contribution in [0.3, 0.4) is 0 Å². The second kappa shape index (κ2) is 5.93. The predicted octanol–water partition coefficient (Wildman–Crippen LogP) is 2.32. The van der Waals surface area contributed by atoms with Crippen LogP contribution in [-0.2, 0) is 9.57 Å². The van der Waals surface area contributed by atoms with Crippen molar-refractivity contribution in [2.75, 3.05) is 6.61 Å². The molecule has 98 valence electrons. The van der Waals surface area contributed by atoms with E-state index in [-0.39, 0.29) is 5.56 Å². The standard InChI is InChI=1S/C13H16FNO3/c1-9-5-6-10(14)8-11(9)13(16)15-18-12-4-2-3-7-17-12/h5-6,8,12H,2-4,7H2,1H3,(H,15,16). The number of benzene rings is 1. The third-order valence-electron chi connectivity index (χ3n) is 2.87. The number of aryl methyl sites for hydroxylation is 1. The molecule has 4 nitrogen and oxygen atoms in total. The minimum Gasteiger partial charge on any atom is -0.350 e. The number of hydrogen-bond acceptors (Lipinski definition) is 3. The van der Waals surface area contributed by atoms with E-state index in [1.165, 1.54) is 12.1 Å². The lowest BCUT2D eigenvalue weighted by molar-refractivity contribution is -0.186. The summed E-state index contributed by atoms with van der Waals surface area (Å²) in [6.07, 6.45) is 2.37. The van der Waals surface area contributed by atoms with Gasteiger partial charge in [0, 0.05) is 18.6 Å². The molecule has 1 fully saturated rings. The van der Waals surface area contributed by atoms with Crippen LogP contribution in [0.15, 0.2) is 18.2 Å². The highest BCUT2D eigenvalue weighted by Crippen LogP contribution is 2.14. The second-order valence-corrected chi connectivity index (χ2v) is 4.30. The molecule has 1 aromatic carbocycles. The molecule has 0 aromatic heterocycles. The Kier molecular flexibility index (Phi) is 4.28. The van der Waals surface area contributed by atoms with Crippen LogP contribution in [0, 0.1) is 12.7 Å². The van der Waals surface area contributed by atoms with E-state index in [0.29, 0.717) is 12.2 Å². The number of amides is 1. The number of nitrogens with one attached hydrogen (secondary N) is 1. The van der Waals surface area contributed by atoms with Crippen molar-refractivity contribution in [3.63, 3.8) is 0 Å². The van der Waals surface area contributed by atoms with Crippen molar-refractivity contribution in [2.45, 2.75) is 32.5 Å². The molecule has 1 aliphatic heterocycles. The molecule has 1 unspecified atom stereocenters. The molecule has 0 spiro atoms. The molecule has 5 heteroatoms. The van der Waals surface area contributed by atoms with E-state index in [1.807, 2.05) is 0 Å². The summed E-state index contributed by atoms with van der Waals surface area (Å²) in [5.41, 5.74) is 3.27. The number of hydrogen-bond donors (Lipinski definition) is 1. The summed E-state index contributed by atoms with van der Waals surface area (Å²) >= 11 is 0. The zero-order chi connectivity index (χ0) is 13.0. The Bertz CT molecular complexity index is 430. The third-order valence-corrected chi connectivity index (χ3v) is 2.87. The number of carbonyl (C=O) groups excluding carboxylic acids is 1. The zero-order valence-corrected chi connectivity index (χ0v) is 10.2. The largest absolute Gasteiger partial charge is 0.350 e. The molecule has 0 aliphatic carbocycles. The molecule has 2 rings (SSSR count). The molecule has 1 N–H and O–H groups in total. The first-order chi connectivity index (χ1) is 8.66. The number of ether oxygens (including phenoxy) is 1. The number of hydroxylamine groups is 1. The van der Waals surface area contributed by atoms with Gasteiger partial charge in [-0.3, -0.25) is 4.79 Å². The van der Waals surface area contributed by atoms with Crippen LogP contribution in [0.2, 0.25) is 0 Å². The Morgan fingerprint density at radius 3 is 3.06 bits per heavy atom. The van der Waals surface area contributed by atoms with Gasteiger partial charge in [-0.05, 0) is 37.5 Å². The predicted molar refractivity (Wildman–Crippen MR) is 63.3 cm³/mol. The first-order valence-electron chi connectivity index (χ1n) is 6.00. The lowest BCUT2D eigenvalue weighted by atomic mass is 10.1. The fourth-order valence-corrected chi connectivity index (χ4v) is 1.82. The molecule has 18 heavy (non-hydrogen) atoms. The quantitative estimate of drug-likeness (QED) is 0.841. The van der Waals surface area contributed by atoms with Gasteiger partial charge < -0.3 is 4.74 Å². The van der Waals surface area contributed by atoms with E-state index >= 15 is 0 Å². The average molecular weight is 253 g/mol. The first kappa shape index (κ1) is 13.0. The molecule has 0 radical (unpaired) electrons. The summed E-state index contributed by atoms with van der Waals surface area (Å²) in [7, 11) is 0. The number of halogens is 1. The Labute approximate surface area is 105 Å². The lowest BCUT2D eigenvalue weighted by Gasteiger charge is -2.22. The summed E-state index contributed by atoms with van der Waals surface area (Å²) in [4.78, 5) is 17.0. The third kappa shape index (κ3) is 3.27. The van der Waals surface area contributed by atoms with Gasteiger partial charge >= 0.3 is 0 Å². The minimum atomic E-state index is -0.457. The van der Waals surface area contributed by atoms with Crippen molar-refractivity contribution in [3.8, 4) is 0 Å². The molecule has 1 amide bonds. The smallest absolute Gasteiger partial charge is 0.275 e. The average Bonchev–Trinajstić information content (AvgIpc) is 2.40. The zero-order valence-electron chi connectivity index (χ0n) is 10.2. The van der Waals surface area contributed by atoms with Gasteiger partial charge in [-0.25, -0.2) is 14.7 Å². The summed E-state index contributed by atoms with van der Waals surface area (Å²) in [5, 5.41) is 0. The van der Waals surface area contributed by atoms with Crippen molar-refractivity contribution >= 4 is 5.91 Å². The van der Waals surface area contributed by atoms with E-state index in [1.54, 1.807) is 13.0 Å². The fraction of sp³-hybridized carbons (Fsp3) is 0.462. The topological polar surface area (TPSA) is 47.6 Å². The van der Waals surface area contributed by atoms with Crippen LogP contribution in [0.25, 0.3) is 0 Å². The number of carbonyl (C=O) groups is 1. The Balaban J connectivity index is 1.92. The molecular weight excluding hydrogens is 237 g/mol. The minimum absolute atomic E-state index is 0.269. The van der Waals surface area contributed by atoms with Crippen LogP contribution < -0.4 is 5.48 Å². The summed E-state index contributed by atoms with van der Waals surface area (Å²) in [6, 6.07) is 4.06. The normalized spacial score (nSPS) is 19.6. The van der Waals surface area contributed by atoms with E-state index in [9.17, 15) is 9.18 Å². The van der Waals surface area contributed by atoms with Gasteiger partial charge in [0.25, 0.3) is 5.91 Å². The van der Waals surface area contributed by atoms with Crippen molar-refractivity contribution in [3.05, 3.63) is 35.1 Å². The Morgan fingerprint density at radius 1 is 1.50 bits per heavy atom. The molecule has 0 saturated carbocycles. The summed E-state index contributed by atoms with van der Waals surface area (Å²) < 4.78 is 18.4. The molecular formula is C13H16FNO3. The maximum atomic E-state index is 13.1. The Hall–Kier alpha value is -1.46. The molecule has 1 saturated heterocycles.